The first-order valence-corrected chi connectivity index (χ1v) is 11.0. The normalized spacial score (nSPS) is 15.7. The number of hydrogen-bond acceptors (Lipinski definition) is 4. The molecule has 1 aliphatic rings. The van der Waals surface area contributed by atoms with Crippen LogP contribution < -0.4 is 4.72 Å². The summed E-state index contributed by atoms with van der Waals surface area (Å²) in [7, 11) is -3.87. The maximum Gasteiger partial charge on any atom is 0.262 e. The van der Waals surface area contributed by atoms with E-state index in [1.54, 1.807) is 24.3 Å². The fourth-order valence-electron chi connectivity index (χ4n) is 3.40. The van der Waals surface area contributed by atoms with Crippen molar-refractivity contribution in [3.05, 3.63) is 71.4 Å². The maximum absolute atomic E-state index is 13.0. The lowest BCUT2D eigenvalue weighted by atomic mass is 10.0. The molecule has 2 aromatic rings. The predicted molar refractivity (Wildman–Crippen MR) is 111 cm³/mol. The van der Waals surface area contributed by atoms with E-state index in [1.165, 1.54) is 6.92 Å². The molecule has 0 bridgehead atoms. The molecule has 0 radical (unpaired) electrons. The number of sulfonamides is 1. The molecule has 28 heavy (non-hydrogen) atoms. The number of aryl methyl sites for hydroxylation is 1. The Hall–Kier alpha value is -2.60. The Morgan fingerprint density at radius 2 is 1.54 bits per heavy atom. The van der Waals surface area contributed by atoms with E-state index in [4.69, 9.17) is 0 Å². The van der Waals surface area contributed by atoms with Crippen LogP contribution in [0.5, 0.6) is 0 Å². The van der Waals surface area contributed by atoms with Gasteiger partial charge in [-0.15, -0.1) is 0 Å². The zero-order chi connectivity index (χ0) is 20.1. The molecule has 2 aromatic carbocycles. The number of hydrogen-bond donors (Lipinski definition) is 1. The second kappa shape index (κ2) is 8.61. The number of nitrogens with one attached hydrogen (secondary N) is 1. The predicted octanol–water partition coefficient (Wildman–Crippen LogP) is 3.72. The Balaban J connectivity index is 2.09. The molecule has 0 aromatic heterocycles. The molecule has 1 N–H and O–H groups in total. The highest BCUT2D eigenvalue weighted by atomic mass is 32.2. The molecule has 1 heterocycles. The minimum atomic E-state index is -3.87. The Labute approximate surface area is 167 Å². The SMILES string of the molecule is CC(=O)/C(NS(=O)(=O)c1ccc(C)cc1)=C(\c1ccccc1)N1CCCCC1. The van der Waals surface area contributed by atoms with Gasteiger partial charge in [0.15, 0.2) is 5.78 Å². The van der Waals surface area contributed by atoms with Gasteiger partial charge in [0, 0.05) is 25.6 Å². The van der Waals surface area contributed by atoms with E-state index in [0.29, 0.717) is 5.70 Å². The summed E-state index contributed by atoms with van der Waals surface area (Å²) in [5.74, 6) is -0.305. The number of allylic oxidation sites excluding steroid dienone is 1. The number of piperidine rings is 1. The summed E-state index contributed by atoms with van der Waals surface area (Å²) in [4.78, 5) is 14.8. The summed E-state index contributed by atoms with van der Waals surface area (Å²) in [6.07, 6.45) is 3.18. The van der Waals surface area contributed by atoms with Crippen LogP contribution in [0.15, 0.2) is 65.2 Å². The minimum absolute atomic E-state index is 0.119. The van der Waals surface area contributed by atoms with Gasteiger partial charge in [-0.2, -0.15) is 0 Å². The molecular weight excluding hydrogens is 372 g/mol. The van der Waals surface area contributed by atoms with Crippen LogP contribution in [0.4, 0.5) is 0 Å². The fourth-order valence-corrected chi connectivity index (χ4v) is 4.52. The Morgan fingerprint density at radius 3 is 2.11 bits per heavy atom. The van der Waals surface area contributed by atoms with Gasteiger partial charge < -0.3 is 4.90 Å². The van der Waals surface area contributed by atoms with Gasteiger partial charge in [0.05, 0.1) is 10.6 Å². The van der Waals surface area contributed by atoms with Crippen LogP contribution in [0, 0.1) is 6.92 Å². The summed E-state index contributed by atoms with van der Waals surface area (Å²) in [5.41, 5.74) is 2.58. The third-order valence-electron chi connectivity index (χ3n) is 4.88. The van der Waals surface area contributed by atoms with Crippen molar-refractivity contribution in [1.82, 2.24) is 9.62 Å². The monoisotopic (exact) mass is 398 g/mol. The van der Waals surface area contributed by atoms with Crippen molar-refractivity contribution < 1.29 is 13.2 Å². The van der Waals surface area contributed by atoms with Gasteiger partial charge in [-0.25, -0.2) is 8.42 Å². The van der Waals surface area contributed by atoms with Gasteiger partial charge in [-0.1, -0.05) is 48.0 Å². The molecule has 0 aliphatic carbocycles. The average molecular weight is 399 g/mol. The lowest BCUT2D eigenvalue weighted by molar-refractivity contribution is -0.113. The minimum Gasteiger partial charge on any atom is -0.369 e. The van der Waals surface area contributed by atoms with E-state index in [2.05, 4.69) is 9.62 Å². The molecule has 3 rings (SSSR count). The Kier molecular flexibility index (Phi) is 6.19. The quantitative estimate of drug-likeness (QED) is 0.753. The molecule has 1 saturated heterocycles. The van der Waals surface area contributed by atoms with E-state index < -0.39 is 10.0 Å². The lowest BCUT2D eigenvalue weighted by Crippen LogP contribution is -2.35. The molecule has 148 valence electrons. The molecule has 1 fully saturated rings. The zero-order valence-electron chi connectivity index (χ0n) is 16.3. The van der Waals surface area contributed by atoms with Gasteiger partial charge in [0.25, 0.3) is 10.0 Å². The molecule has 0 spiro atoms. The van der Waals surface area contributed by atoms with E-state index in [9.17, 15) is 13.2 Å². The average Bonchev–Trinajstić information content (AvgIpc) is 2.69. The molecule has 5 nitrogen and oxygen atoms in total. The van der Waals surface area contributed by atoms with Gasteiger partial charge >= 0.3 is 0 Å². The van der Waals surface area contributed by atoms with Crippen molar-refractivity contribution in [2.24, 2.45) is 0 Å². The van der Waals surface area contributed by atoms with Crippen LogP contribution in [0.3, 0.4) is 0 Å². The summed E-state index contributed by atoms with van der Waals surface area (Å²) >= 11 is 0. The summed E-state index contributed by atoms with van der Waals surface area (Å²) in [6, 6.07) is 16.1. The van der Waals surface area contributed by atoms with Gasteiger partial charge in [0.2, 0.25) is 0 Å². The summed E-state index contributed by atoms with van der Waals surface area (Å²) in [6.45, 7) is 4.90. The lowest BCUT2D eigenvalue weighted by Gasteiger charge is -2.33. The number of ketones is 1. The van der Waals surface area contributed by atoms with Gasteiger partial charge in [-0.3, -0.25) is 9.52 Å². The highest BCUT2D eigenvalue weighted by Crippen LogP contribution is 2.27. The van der Waals surface area contributed by atoms with E-state index in [0.717, 1.165) is 43.5 Å². The van der Waals surface area contributed by atoms with Gasteiger partial charge in [-0.05, 0) is 38.3 Å². The molecule has 1 aliphatic heterocycles. The zero-order valence-corrected chi connectivity index (χ0v) is 17.1. The highest BCUT2D eigenvalue weighted by molar-refractivity contribution is 7.89. The van der Waals surface area contributed by atoms with Crippen molar-refractivity contribution in [2.75, 3.05) is 13.1 Å². The number of rotatable bonds is 6. The molecule has 0 amide bonds. The number of carbonyl (C=O) groups is 1. The van der Waals surface area contributed by atoms with Crippen LogP contribution in [-0.2, 0) is 14.8 Å². The standard InChI is InChI=1S/C22H26N2O3S/c1-17-11-13-20(14-12-17)28(26,27)23-21(18(2)25)22(19-9-5-3-6-10-19)24-15-7-4-8-16-24/h3,5-6,9-14,23H,4,7-8,15-16H2,1-2H3/b22-21-. The number of nitrogens with zero attached hydrogens (tertiary/aromatic N) is 1. The number of carbonyl (C=O) groups excluding carboxylic acids is 1. The van der Waals surface area contributed by atoms with Crippen LogP contribution in [0.25, 0.3) is 5.70 Å². The largest absolute Gasteiger partial charge is 0.369 e. The third-order valence-corrected chi connectivity index (χ3v) is 6.24. The number of Topliss-reactive ketones (excluding diaryl/α,β-unsaturated/α-hetero) is 1. The van der Waals surface area contributed by atoms with E-state index in [1.807, 2.05) is 37.3 Å². The number of likely N-dealkylation sites (tertiary alicyclic amines) is 1. The first-order valence-electron chi connectivity index (χ1n) is 9.53. The van der Waals surface area contributed by atoms with Crippen LogP contribution in [-0.4, -0.2) is 32.2 Å². The topological polar surface area (TPSA) is 66.5 Å². The van der Waals surface area contributed by atoms with E-state index >= 15 is 0 Å². The maximum atomic E-state index is 13.0. The second-order valence-corrected chi connectivity index (χ2v) is 8.79. The van der Waals surface area contributed by atoms with Crippen LogP contribution in [0.2, 0.25) is 0 Å². The molecule has 0 atom stereocenters. The molecule has 0 unspecified atom stereocenters. The molecular formula is C22H26N2O3S. The van der Waals surface area contributed by atoms with Gasteiger partial charge in [0.1, 0.15) is 5.70 Å². The molecule has 0 saturated carbocycles. The summed E-state index contributed by atoms with van der Waals surface area (Å²) in [5, 5.41) is 0. The van der Waals surface area contributed by atoms with Crippen molar-refractivity contribution in [2.45, 2.75) is 38.0 Å². The van der Waals surface area contributed by atoms with Crippen molar-refractivity contribution in [3.63, 3.8) is 0 Å². The second-order valence-electron chi connectivity index (χ2n) is 7.11. The Morgan fingerprint density at radius 1 is 0.929 bits per heavy atom. The molecule has 6 heteroatoms. The smallest absolute Gasteiger partial charge is 0.262 e. The fraction of sp³-hybridized carbons (Fsp3) is 0.318. The first-order chi connectivity index (χ1) is 13.4. The highest BCUT2D eigenvalue weighted by Gasteiger charge is 2.25. The van der Waals surface area contributed by atoms with Crippen molar-refractivity contribution in [1.29, 1.82) is 0 Å². The third kappa shape index (κ3) is 4.62. The van der Waals surface area contributed by atoms with Crippen molar-refractivity contribution >= 4 is 21.5 Å². The Bertz CT molecular complexity index is 959. The van der Waals surface area contributed by atoms with Crippen LogP contribution >= 0.6 is 0 Å². The first kappa shape index (κ1) is 20.1. The van der Waals surface area contributed by atoms with Crippen molar-refractivity contribution in [3.8, 4) is 0 Å². The van der Waals surface area contributed by atoms with Crippen LogP contribution in [0.1, 0.15) is 37.3 Å². The number of benzene rings is 2. The van der Waals surface area contributed by atoms with E-state index in [-0.39, 0.29) is 16.4 Å². The summed E-state index contributed by atoms with van der Waals surface area (Å²) < 4.78 is 28.5.